The first-order valence-corrected chi connectivity index (χ1v) is 6.16. The molecule has 0 saturated heterocycles. The van der Waals surface area contributed by atoms with Gasteiger partial charge in [-0.3, -0.25) is 0 Å². The van der Waals surface area contributed by atoms with Gasteiger partial charge in [-0.2, -0.15) is 0 Å². The number of amides is 1. The summed E-state index contributed by atoms with van der Waals surface area (Å²) in [5.41, 5.74) is 4.80. The van der Waals surface area contributed by atoms with Crippen molar-refractivity contribution in [2.75, 3.05) is 13.2 Å². The van der Waals surface area contributed by atoms with Gasteiger partial charge >= 0.3 is 12.1 Å². The number of nitrogens with two attached hydrogens (primary N) is 1. The normalized spacial score (nSPS) is 12.7. The van der Waals surface area contributed by atoms with Gasteiger partial charge in [0.1, 0.15) is 11.6 Å². The summed E-state index contributed by atoms with van der Waals surface area (Å²) < 4.78 is 10.0. The van der Waals surface area contributed by atoms with Crippen LogP contribution in [0.15, 0.2) is 0 Å². The Balaban J connectivity index is 4.17. The molecule has 0 aliphatic carbocycles. The Labute approximate surface area is 108 Å². The van der Waals surface area contributed by atoms with Gasteiger partial charge in [-0.05, 0) is 27.2 Å². The molecule has 3 N–H and O–H groups in total. The summed E-state index contributed by atoms with van der Waals surface area (Å²) in [5, 5.41) is 2.39. The molecule has 0 unspecified atom stereocenters. The minimum Gasteiger partial charge on any atom is -0.464 e. The quantitative estimate of drug-likeness (QED) is 0.553. The van der Waals surface area contributed by atoms with Crippen LogP contribution < -0.4 is 11.1 Å². The fourth-order valence-electron chi connectivity index (χ4n) is 1.08. The number of carbonyl (C=O) groups excluding carboxylic acids is 2. The van der Waals surface area contributed by atoms with E-state index in [1.54, 1.807) is 20.8 Å². The van der Waals surface area contributed by atoms with Crippen LogP contribution >= 0.6 is 0 Å². The monoisotopic (exact) mass is 260 g/mol. The second-order valence-electron chi connectivity index (χ2n) is 4.96. The lowest BCUT2D eigenvalue weighted by molar-refractivity contribution is -0.146. The molecule has 0 aliphatic heterocycles. The molecular weight excluding hydrogens is 236 g/mol. The SMILES string of the molecule is CCCCOC(=O)[C@H](CN)NC(=O)OC(C)(C)C. The maximum Gasteiger partial charge on any atom is 0.408 e. The first-order chi connectivity index (χ1) is 8.30. The van der Waals surface area contributed by atoms with Crippen LogP contribution in [0.2, 0.25) is 0 Å². The van der Waals surface area contributed by atoms with Gasteiger partial charge in [-0.25, -0.2) is 9.59 Å². The van der Waals surface area contributed by atoms with Gasteiger partial charge < -0.3 is 20.5 Å². The molecule has 0 aliphatic rings. The van der Waals surface area contributed by atoms with E-state index in [1.807, 2.05) is 6.92 Å². The summed E-state index contributed by atoms with van der Waals surface area (Å²) in [5.74, 6) is -0.531. The summed E-state index contributed by atoms with van der Waals surface area (Å²) in [6.45, 7) is 7.52. The molecule has 0 aromatic rings. The molecule has 0 bridgehead atoms. The predicted octanol–water partition coefficient (Wildman–Crippen LogP) is 1.18. The Morgan fingerprint density at radius 3 is 2.39 bits per heavy atom. The Bertz CT molecular complexity index is 274. The van der Waals surface area contributed by atoms with Crippen LogP contribution in [0.5, 0.6) is 0 Å². The molecule has 1 amide bonds. The van der Waals surface area contributed by atoms with Crippen molar-refractivity contribution in [1.29, 1.82) is 0 Å². The molecule has 18 heavy (non-hydrogen) atoms. The second kappa shape index (κ2) is 7.92. The maximum absolute atomic E-state index is 11.6. The average Bonchev–Trinajstić information content (AvgIpc) is 2.23. The van der Waals surface area contributed by atoms with Crippen molar-refractivity contribution in [2.45, 2.75) is 52.2 Å². The number of hydrogen-bond donors (Lipinski definition) is 2. The number of unbranched alkanes of at least 4 members (excludes halogenated alkanes) is 1. The standard InChI is InChI=1S/C12H24N2O4/c1-5-6-7-17-10(15)9(8-13)14-11(16)18-12(2,3)4/h9H,5-8,13H2,1-4H3,(H,14,16)/t9-/m0/s1. The summed E-state index contributed by atoms with van der Waals surface area (Å²) in [7, 11) is 0. The fraction of sp³-hybridized carbons (Fsp3) is 0.833. The van der Waals surface area contributed by atoms with Crippen molar-refractivity contribution in [3.8, 4) is 0 Å². The Hall–Kier alpha value is -1.30. The van der Waals surface area contributed by atoms with Crippen LogP contribution in [-0.2, 0) is 14.3 Å². The van der Waals surface area contributed by atoms with Gasteiger partial charge in [0.15, 0.2) is 0 Å². The molecule has 6 nitrogen and oxygen atoms in total. The van der Waals surface area contributed by atoms with Crippen molar-refractivity contribution in [3.05, 3.63) is 0 Å². The van der Waals surface area contributed by atoms with Crippen molar-refractivity contribution in [1.82, 2.24) is 5.32 Å². The highest BCUT2D eigenvalue weighted by atomic mass is 16.6. The zero-order chi connectivity index (χ0) is 14.2. The Kier molecular flexibility index (Phi) is 7.35. The third kappa shape index (κ3) is 7.89. The van der Waals surface area contributed by atoms with Gasteiger partial charge in [0.25, 0.3) is 0 Å². The van der Waals surface area contributed by atoms with Crippen LogP contribution in [0, 0.1) is 0 Å². The van der Waals surface area contributed by atoms with E-state index in [0.717, 1.165) is 12.8 Å². The maximum atomic E-state index is 11.6. The number of hydrogen-bond acceptors (Lipinski definition) is 5. The average molecular weight is 260 g/mol. The third-order valence-corrected chi connectivity index (χ3v) is 1.95. The lowest BCUT2D eigenvalue weighted by atomic mass is 10.2. The molecule has 0 rings (SSSR count). The van der Waals surface area contributed by atoms with E-state index < -0.39 is 23.7 Å². The van der Waals surface area contributed by atoms with E-state index in [4.69, 9.17) is 15.2 Å². The molecule has 0 aromatic carbocycles. The molecule has 0 fully saturated rings. The predicted molar refractivity (Wildman–Crippen MR) is 68.1 cm³/mol. The molecule has 6 heteroatoms. The lowest BCUT2D eigenvalue weighted by Crippen LogP contribution is -2.48. The number of ether oxygens (including phenoxy) is 2. The number of esters is 1. The van der Waals surface area contributed by atoms with Gasteiger partial charge in [-0.15, -0.1) is 0 Å². The van der Waals surface area contributed by atoms with Crippen LogP contribution in [-0.4, -0.2) is 36.9 Å². The third-order valence-electron chi connectivity index (χ3n) is 1.95. The van der Waals surface area contributed by atoms with Crippen LogP contribution in [0.1, 0.15) is 40.5 Å². The van der Waals surface area contributed by atoms with E-state index in [2.05, 4.69) is 5.32 Å². The molecule has 106 valence electrons. The van der Waals surface area contributed by atoms with Gasteiger partial charge in [-0.1, -0.05) is 13.3 Å². The number of nitrogens with one attached hydrogen (secondary N) is 1. The highest BCUT2D eigenvalue weighted by Gasteiger charge is 2.24. The van der Waals surface area contributed by atoms with Crippen LogP contribution in [0.4, 0.5) is 4.79 Å². The van der Waals surface area contributed by atoms with Crippen LogP contribution in [0.3, 0.4) is 0 Å². The Morgan fingerprint density at radius 2 is 1.94 bits per heavy atom. The van der Waals surface area contributed by atoms with E-state index in [0.29, 0.717) is 6.61 Å². The summed E-state index contributed by atoms with van der Waals surface area (Å²) in [6.07, 6.45) is 1.04. The zero-order valence-corrected chi connectivity index (χ0v) is 11.6. The van der Waals surface area contributed by atoms with Gasteiger partial charge in [0.2, 0.25) is 0 Å². The van der Waals surface area contributed by atoms with E-state index in [-0.39, 0.29) is 6.54 Å². The summed E-state index contributed by atoms with van der Waals surface area (Å²) >= 11 is 0. The summed E-state index contributed by atoms with van der Waals surface area (Å²) in [4.78, 5) is 23.0. The van der Waals surface area contributed by atoms with Crippen molar-refractivity contribution < 1.29 is 19.1 Å². The highest BCUT2D eigenvalue weighted by molar-refractivity contribution is 5.81. The van der Waals surface area contributed by atoms with Crippen molar-refractivity contribution in [2.24, 2.45) is 5.73 Å². The second-order valence-corrected chi connectivity index (χ2v) is 4.96. The topological polar surface area (TPSA) is 90.6 Å². The van der Waals surface area contributed by atoms with E-state index in [9.17, 15) is 9.59 Å². The first kappa shape index (κ1) is 16.7. The van der Waals surface area contributed by atoms with Crippen molar-refractivity contribution in [3.63, 3.8) is 0 Å². The molecule has 0 aromatic heterocycles. The Morgan fingerprint density at radius 1 is 1.33 bits per heavy atom. The summed E-state index contributed by atoms with van der Waals surface area (Å²) in [6, 6.07) is -0.864. The number of carbonyl (C=O) groups is 2. The number of rotatable bonds is 6. The van der Waals surface area contributed by atoms with Gasteiger partial charge in [0.05, 0.1) is 6.61 Å². The first-order valence-electron chi connectivity index (χ1n) is 6.16. The smallest absolute Gasteiger partial charge is 0.408 e. The number of alkyl carbamates (subject to hydrolysis) is 1. The minimum atomic E-state index is -0.864. The van der Waals surface area contributed by atoms with Crippen LogP contribution in [0.25, 0.3) is 0 Å². The molecule has 0 saturated carbocycles. The molecular formula is C12H24N2O4. The lowest BCUT2D eigenvalue weighted by Gasteiger charge is -2.22. The molecule has 0 heterocycles. The molecule has 0 radical (unpaired) electrons. The molecule has 0 spiro atoms. The largest absolute Gasteiger partial charge is 0.464 e. The molecule has 1 atom stereocenters. The van der Waals surface area contributed by atoms with Gasteiger partial charge in [0, 0.05) is 6.54 Å². The van der Waals surface area contributed by atoms with Crippen molar-refractivity contribution >= 4 is 12.1 Å². The van der Waals surface area contributed by atoms with E-state index in [1.165, 1.54) is 0 Å². The fourth-order valence-corrected chi connectivity index (χ4v) is 1.08. The zero-order valence-electron chi connectivity index (χ0n) is 11.6. The minimum absolute atomic E-state index is 0.0236. The van der Waals surface area contributed by atoms with E-state index >= 15 is 0 Å². The highest BCUT2D eigenvalue weighted by Crippen LogP contribution is 2.06.